The van der Waals surface area contributed by atoms with E-state index in [1.807, 2.05) is 0 Å². The van der Waals surface area contributed by atoms with Crippen molar-refractivity contribution in [1.82, 2.24) is 5.32 Å². The summed E-state index contributed by atoms with van der Waals surface area (Å²) in [6.07, 6.45) is 0.808. The van der Waals surface area contributed by atoms with E-state index in [0.717, 1.165) is 26.1 Å². The molecule has 1 heterocycles. The molecule has 0 aromatic heterocycles. The van der Waals surface area contributed by atoms with Gasteiger partial charge in [0.2, 0.25) is 0 Å². The number of esters is 1. The molecular weight excluding hydrogens is 281 g/mol. The molecule has 0 bridgehead atoms. The second kappa shape index (κ2) is 6.49. The first kappa shape index (κ1) is 15.2. The molecule has 0 saturated carbocycles. The molecule has 1 saturated heterocycles. The van der Waals surface area contributed by atoms with Crippen LogP contribution in [0.1, 0.15) is 16.8 Å². The lowest BCUT2D eigenvalue weighted by Gasteiger charge is -2.22. The van der Waals surface area contributed by atoms with Gasteiger partial charge in [-0.05, 0) is 19.0 Å². The fraction of sp³-hybridized carbons (Fsp3) is 0.462. The highest BCUT2D eigenvalue weighted by molar-refractivity contribution is 5.92. The smallest absolute Gasteiger partial charge is 0.340 e. The minimum atomic E-state index is -0.953. The summed E-state index contributed by atoms with van der Waals surface area (Å²) in [4.78, 5) is 23.8. The molecular formula is C13H16FN3O4. The first-order valence-corrected chi connectivity index (χ1v) is 6.56. The van der Waals surface area contributed by atoms with Crippen LogP contribution >= 0.6 is 0 Å². The number of benzene rings is 1. The number of carbonyl (C=O) groups excluding carboxylic acids is 1. The maximum Gasteiger partial charge on any atom is 0.340 e. The van der Waals surface area contributed by atoms with Crippen LogP contribution < -0.4 is 10.2 Å². The standard InChI is InChI=1S/C13H16FN3O4/c1-21-13(18)9-7-11(12(17(19)20)8-10(9)14)16-5-2-3-15-4-6-16/h7-8,15H,2-6H2,1H3. The van der Waals surface area contributed by atoms with Crippen molar-refractivity contribution in [3.05, 3.63) is 33.6 Å². The van der Waals surface area contributed by atoms with Crippen LogP contribution in [-0.2, 0) is 4.74 Å². The first-order valence-electron chi connectivity index (χ1n) is 6.56. The lowest BCUT2D eigenvalue weighted by atomic mass is 10.1. The summed E-state index contributed by atoms with van der Waals surface area (Å²) >= 11 is 0. The predicted octanol–water partition coefficient (Wildman–Crippen LogP) is 1.32. The molecule has 1 aliphatic heterocycles. The first-order chi connectivity index (χ1) is 10.0. The number of nitro benzene ring substituents is 1. The second-order valence-corrected chi connectivity index (χ2v) is 4.66. The number of carbonyl (C=O) groups is 1. The molecule has 0 radical (unpaired) electrons. The third-order valence-corrected chi connectivity index (χ3v) is 3.35. The third kappa shape index (κ3) is 3.27. The molecule has 0 unspecified atom stereocenters. The lowest BCUT2D eigenvalue weighted by molar-refractivity contribution is -0.384. The highest BCUT2D eigenvalue weighted by Gasteiger charge is 2.26. The number of halogens is 1. The number of nitro groups is 1. The zero-order valence-electron chi connectivity index (χ0n) is 11.6. The Kier molecular flexibility index (Phi) is 4.69. The number of hydrogen-bond acceptors (Lipinski definition) is 6. The summed E-state index contributed by atoms with van der Waals surface area (Å²) in [6.45, 7) is 2.63. The highest BCUT2D eigenvalue weighted by atomic mass is 19.1. The van der Waals surface area contributed by atoms with E-state index in [-0.39, 0.29) is 16.9 Å². The van der Waals surface area contributed by atoms with E-state index in [4.69, 9.17) is 0 Å². The second-order valence-electron chi connectivity index (χ2n) is 4.66. The van der Waals surface area contributed by atoms with Crippen molar-refractivity contribution in [2.45, 2.75) is 6.42 Å². The van der Waals surface area contributed by atoms with Crippen LogP contribution in [-0.4, -0.2) is 44.2 Å². The Morgan fingerprint density at radius 3 is 2.86 bits per heavy atom. The van der Waals surface area contributed by atoms with Crippen molar-refractivity contribution >= 4 is 17.3 Å². The SMILES string of the molecule is COC(=O)c1cc(N2CCCNCC2)c([N+](=O)[O-])cc1F. The number of rotatable bonds is 3. The fourth-order valence-electron chi connectivity index (χ4n) is 2.30. The molecule has 7 nitrogen and oxygen atoms in total. The number of ether oxygens (including phenoxy) is 1. The molecule has 1 fully saturated rings. The average molecular weight is 297 g/mol. The van der Waals surface area contributed by atoms with Crippen molar-refractivity contribution in [2.75, 3.05) is 38.2 Å². The summed E-state index contributed by atoms with van der Waals surface area (Å²) in [6, 6.07) is 1.98. The molecule has 1 N–H and O–H groups in total. The van der Waals surface area contributed by atoms with E-state index in [2.05, 4.69) is 10.1 Å². The van der Waals surface area contributed by atoms with Crippen LogP contribution in [0.4, 0.5) is 15.8 Å². The monoisotopic (exact) mass is 297 g/mol. The lowest BCUT2D eigenvalue weighted by Crippen LogP contribution is -2.28. The van der Waals surface area contributed by atoms with Gasteiger partial charge < -0.3 is 15.0 Å². The third-order valence-electron chi connectivity index (χ3n) is 3.35. The highest BCUT2D eigenvalue weighted by Crippen LogP contribution is 2.31. The average Bonchev–Trinajstić information content (AvgIpc) is 2.75. The number of hydrogen-bond donors (Lipinski definition) is 1. The van der Waals surface area contributed by atoms with Gasteiger partial charge in [-0.25, -0.2) is 9.18 Å². The van der Waals surface area contributed by atoms with Gasteiger partial charge in [0, 0.05) is 19.6 Å². The number of nitrogens with zero attached hydrogens (tertiary/aromatic N) is 2. The Hall–Kier alpha value is -2.22. The minimum Gasteiger partial charge on any atom is -0.465 e. The van der Waals surface area contributed by atoms with Gasteiger partial charge >= 0.3 is 5.97 Å². The van der Waals surface area contributed by atoms with E-state index in [1.54, 1.807) is 4.90 Å². The summed E-state index contributed by atoms with van der Waals surface area (Å²) in [5.74, 6) is -1.80. The summed E-state index contributed by atoms with van der Waals surface area (Å²) in [5, 5.41) is 14.3. The molecule has 114 valence electrons. The number of methoxy groups -OCH3 is 1. The fourth-order valence-corrected chi connectivity index (χ4v) is 2.30. The summed E-state index contributed by atoms with van der Waals surface area (Å²) in [5.41, 5.74) is -0.400. The van der Waals surface area contributed by atoms with E-state index >= 15 is 0 Å². The molecule has 8 heteroatoms. The maximum atomic E-state index is 13.8. The van der Waals surface area contributed by atoms with Gasteiger partial charge in [-0.2, -0.15) is 0 Å². The molecule has 1 aromatic rings. The Morgan fingerprint density at radius 1 is 1.43 bits per heavy atom. The van der Waals surface area contributed by atoms with E-state index in [0.29, 0.717) is 19.6 Å². The zero-order chi connectivity index (χ0) is 15.4. The van der Waals surface area contributed by atoms with Gasteiger partial charge in [0.15, 0.2) is 0 Å². The molecule has 1 aliphatic rings. The maximum absolute atomic E-state index is 13.8. The largest absolute Gasteiger partial charge is 0.465 e. The van der Waals surface area contributed by atoms with Gasteiger partial charge in [0.1, 0.15) is 11.5 Å². The predicted molar refractivity (Wildman–Crippen MR) is 74.1 cm³/mol. The topological polar surface area (TPSA) is 84.7 Å². The van der Waals surface area contributed by atoms with E-state index in [1.165, 1.54) is 6.07 Å². The molecule has 1 aromatic carbocycles. The van der Waals surface area contributed by atoms with Crippen molar-refractivity contribution in [3.63, 3.8) is 0 Å². The number of nitrogens with one attached hydrogen (secondary N) is 1. The molecule has 0 amide bonds. The summed E-state index contributed by atoms with van der Waals surface area (Å²) in [7, 11) is 1.14. The van der Waals surface area contributed by atoms with Crippen molar-refractivity contribution < 1.29 is 18.8 Å². The quantitative estimate of drug-likeness (QED) is 0.514. The van der Waals surface area contributed by atoms with Crippen molar-refractivity contribution in [1.29, 1.82) is 0 Å². The van der Waals surface area contributed by atoms with Crippen LogP contribution in [0, 0.1) is 15.9 Å². The Morgan fingerprint density at radius 2 is 2.19 bits per heavy atom. The normalized spacial score (nSPS) is 15.4. The van der Waals surface area contributed by atoms with Crippen LogP contribution in [0.25, 0.3) is 0 Å². The number of anilines is 1. The van der Waals surface area contributed by atoms with Crippen molar-refractivity contribution in [3.8, 4) is 0 Å². The van der Waals surface area contributed by atoms with Gasteiger partial charge in [0.05, 0.1) is 23.7 Å². The minimum absolute atomic E-state index is 0.241. The Bertz CT molecular complexity index is 557. The molecule has 0 atom stereocenters. The molecule has 0 spiro atoms. The molecule has 2 rings (SSSR count). The molecule has 0 aliphatic carbocycles. The van der Waals surface area contributed by atoms with E-state index in [9.17, 15) is 19.3 Å². The molecule has 21 heavy (non-hydrogen) atoms. The van der Waals surface area contributed by atoms with Gasteiger partial charge in [-0.15, -0.1) is 0 Å². The van der Waals surface area contributed by atoms with Crippen LogP contribution in [0.3, 0.4) is 0 Å². The summed E-state index contributed by atoms with van der Waals surface area (Å²) < 4.78 is 18.3. The van der Waals surface area contributed by atoms with Crippen LogP contribution in [0.2, 0.25) is 0 Å². The van der Waals surface area contributed by atoms with Crippen molar-refractivity contribution in [2.24, 2.45) is 0 Å². The van der Waals surface area contributed by atoms with Gasteiger partial charge in [-0.3, -0.25) is 10.1 Å². The Balaban J connectivity index is 2.49. The Labute approximate surface area is 120 Å². The van der Waals surface area contributed by atoms with Crippen LogP contribution in [0.5, 0.6) is 0 Å². The van der Waals surface area contributed by atoms with Gasteiger partial charge in [-0.1, -0.05) is 0 Å². The zero-order valence-corrected chi connectivity index (χ0v) is 11.6. The van der Waals surface area contributed by atoms with Crippen LogP contribution in [0.15, 0.2) is 12.1 Å². The van der Waals surface area contributed by atoms with Gasteiger partial charge in [0.25, 0.3) is 5.69 Å². The van der Waals surface area contributed by atoms with E-state index < -0.39 is 16.7 Å².